The van der Waals surface area contributed by atoms with Gasteiger partial charge in [0.1, 0.15) is 22.9 Å². The number of hydrogen-bond donors (Lipinski definition) is 2. The molecular weight excluding hydrogens is 516 g/mol. The number of imidazole rings is 1. The van der Waals surface area contributed by atoms with Gasteiger partial charge in [-0.05, 0) is 68.8 Å². The number of nitrogens with one attached hydrogen (secondary N) is 2. The lowest BCUT2D eigenvalue weighted by molar-refractivity contribution is 0.220. The largest absolute Gasteiger partial charge is 0.373 e. The van der Waals surface area contributed by atoms with E-state index in [2.05, 4.69) is 68.3 Å². The number of nitrogens with zero attached hydrogens (tertiary/aromatic N) is 6. The van der Waals surface area contributed by atoms with E-state index in [0.29, 0.717) is 6.67 Å². The van der Waals surface area contributed by atoms with E-state index in [1.165, 1.54) is 42.8 Å². The Morgan fingerprint density at radius 1 is 0.975 bits per heavy atom. The van der Waals surface area contributed by atoms with Crippen molar-refractivity contribution in [2.45, 2.75) is 32.7 Å². The van der Waals surface area contributed by atoms with Crippen LogP contribution in [0.3, 0.4) is 0 Å². The fourth-order valence-corrected chi connectivity index (χ4v) is 6.53. The number of hydrogen-bond acceptors (Lipinski definition) is 8. The molecule has 8 nitrogen and oxygen atoms in total. The molecule has 202 valence electrons. The zero-order valence-electron chi connectivity index (χ0n) is 22.8. The maximum Gasteiger partial charge on any atom is 0.140 e. The van der Waals surface area contributed by atoms with Gasteiger partial charge in [-0.25, -0.2) is 9.97 Å². The van der Waals surface area contributed by atoms with Gasteiger partial charge in [0.15, 0.2) is 0 Å². The smallest absolute Gasteiger partial charge is 0.140 e. The van der Waals surface area contributed by atoms with Crippen molar-refractivity contribution in [1.29, 1.82) is 0 Å². The summed E-state index contributed by atoms with van der Waals surface area (Å²) in [6, 6.07) is 10.7. The van der Waals surface area contributed by atoms with Gasteiger partial charge >= 0.3 is 0 Å². The maximum absolute atomic E-state index is 5.09. The zero-order valence-corrected chi connectivity index (χ0v) is 23.6. The molecule has 5 aromatic heterocycles. The van der Waals surface area contributed by atoms with Gasteiger partial charge in [-0.1, -0.05) is 6.42 Å². The second-order valence-corrected chi connectivity index (χ2v) is 12.0. The van der Waals surface area contributed by atoms with Crippen molar-refractivity contribution in [2.75, 3.05) is 31.7 Å². The third kappa shape index (κ3) is 4.76. The van der Waals surface area contributed by atoms with Crippen LogP contribution in [-0.4, -0.2) is 56.6 Å². The predicted molar refractivity (Wildman–Crippen MR) is 162 cm³/mol. The molecule has 0 amide bonds. The molecule has 0 unspecified atom stereocenters. The minimum atomic E-state index is 0.650. The fourth-order valence-electron chi connectivity index (χ4n) is 5.66. The number of pyridine rings is 3. The van der Waals surface area contributed by atoms with Crippen LogP contribution in [-0.2, 0) is 6.54 Å². The van der Waals surface area contributed by atoms with Crippen LogP contribution in [0.1, 0.15) is 41.1 Å². The predicted octanol–water partition coefficient (Wildman–Crippen LogP) is 5.82. The summed E-state index contributed by atoms with van der Waals surface area (Å²) in [5.74, 6) is 1.70. The van der Waals surface area contributed by atoms with Crippen molar-refractivity contribution in [3.05, 3.63) is 83.1 Å². The average Bonchev–Trinajstić information content (AvgIpc) is 3.58. The molecule has 9 heteroatoms. The topological polar surface area (TPSA) is 85.9 Å². The molecule has 0 aromatic carbocycles. The number of anilines is 1. The highest BCUT2D eigenvalue weighted by Gasteiger charge is 2.22. The van der Waals surface area contributed by atoms with Gasteiger partial charge in [-0.3, -0.25) is 14.9 Å². The van der Waals surface area contributed by atoms with Crippen LogP contribution in [0.5, 0.6) is 0 Å². The Kier molecular flexibility index (Phi) is 6.53. The molecule has 7 rings (SSSR count). The number of aromatic nitrogens is 5. The molecule has 0 radical (unpaired) electrons. The number of fused-ring (bicyclic) bond motifs is 2. The lowest BCUT2D eigenvalue weighted by Crippen LogP contribution is -2.29. The first-order valence-corrected chi connectivity index (χ1v) is 14.7. The number of thiophene rings is 1. The Morgan fingerprint density at radius 2 is 1.85 bits per heavy atom. The van der Waals surface area contributed by atoms with Crippen LogP contribution in [0.25, 0.3) is 38.3 Å². The fraction of sp³-hybridized carbons (Fsp3) is 0.290. The van der Waals surface area contributed by atoms with Gasteiger partial charge in [0.25, 0.3) is 0 Å². The van der Waals surface area contributed by atoms with Crippen LogP contribution in [0.4, 0.5) is 5.82 Å². The summed E-state index contributed by atoms with van der Waals surface area (Å²) in [5.41, 5.74) is 8.09. The van der Waals surface area contributed by atoms with E-state index in [4.69, 9.17) is 9.97 Å². The van der Waals surface area contributed by atoms with Crippen LogP contribution in [0.15, 0.2) is 61.3 Å². The van der Waals surface area contributed by atoms with Crippen LogP contribution >= 0.6 is 11.3 Å². The average molecular weight is 549 g/mol. The summed E-state index contributed by atoms with van der Waals surface area (Å²) < 4.78 is 0. The van der Waals surface area contributed by atoms with E-state index in [0.717, 1.165) is 62.1 Å². The van der Waals surface area contributed by atoms with Gasteiger partial charge in [-0.15, -0.1) is 11.3 Å². The molecule has 0 saturated carbocycles. The van der Waals surface area contributed by atoms with E-state index in [9.17, 15) is 0 Å². The minimum Gasteiger partial charge on any atom is -0.373 e. The third-order valence-electron chi connectivity index (χ3n) is 7.71. The van der Waals surface area contributed by atoms with Crippen molar-refractivity contribution in [3.8, 4) is 21.7 Å². The van der Waals surface area contributed by atoms with Crippen LogP contribution < -0.4 is 10.2 Å². The van der Waals surface area contributed by atoms with Crippen molar-refractivity contribution in [1.82, 2.24) is 35.1 Å². The first-order chi connectivity index (χ1) is 19.6. The lowest BCUT2D eigenvalue weighted by atomic mass is 10.0. The normalized spacial score (nSPS) is 15.9. The number of H-pyrrole nitrogens is 1. The van der Waals surface area contributed by atoms with E-state index >= 15 is 0 Å². The first-order valence-electron chi connectivity index (χ1n) is 13.9. The molecule has 0 bridgehead atoms. The highest BCUT2D eigenvalue weighted by molar-refractivity contribution is 7.15. The van der Waals surface area contributed by atoms with Gasteiger partial charge in [-0.2, -0.15) is 0 Å². The molecule has 2 aliphatic heterocycles. The zero-order chi connectivity index (χ0) is 27.1. The van der Waals surface area contributed by atoms with E-state index in [-0.39, 0.29) is 0 Å². The van der Waals surface area contributed by atoms with E-state index in [1.54, 1.807) is 11.3 Å². The second-order valence-electron chi connectivity index (χ2n) is 10.7. The van der Waals surface area contributed by atoms with Gasteiger partial charge < -0.3 is 15.2 Å². The molecule has 2 aliphatic rings. The van der Waals surface area contributed by atoms with Gasteiger partial charge in [0, 0.05) is 71.7 Å². The Bertz CT molecular complexity index is 1710. The minimum absolute atomic E-state index is 0.650. The molecule has 2 N–H and O–H groups in total. The molecule has 1 fully saturated rings. The Balaban J connectivity index is 1.28. The summed E-state index contributed by atoms with van der Waals surface area (Å²) in [6.07, 6.45) is 13.7. The number of piperidine rings is 1. The lowest BCUT2D eigenvalue weighted by Gasteiger charge is -2.26. The van der Waals surface area contributed by atoms with Crippen LogP contribution in [0, 0.1) is 6.92 Å². The van der Waals surface area contributed by atoms with Gasteiger partial charge in [0.05, 0.1) is 17.1 Å². The highest BCUT2D eigenvalue weighted by atomic mass is 32.1. The summed E-state index contributed by atoms with van der Waals surface area (Å²) in [4.78, 5) is 29.9. The third-order valence-corrected chi connectivity index (χ3v) is 8.71. The van der Waals surface area contributed by atoms with Crippen molar-refractivity contribution in [3.63, 3.8) is 0 Å². The number of aromatic amines is 1. The molecule has 7 heterocycles. The number of rotatable bonds is 5. The molecule has 1 saturated heterocycles. The molecule has 40 heavy (non-hydrogen) atoms. The first kappa shape index (κ1) is 24.9. The number of likely N-dealkylation sites (tertiary alicyclic amines) is 1. The molecule has 5 aromatic rings. The summed E-state index contributed by atoms with van der Waals surface area (Å²) in [5, 5.41) is 3.43. The van der Waals surface area contributed by atoms with Crippen LogP contribution in [0.2, 0.25) is 0 Å². The van der Waals surface area contributed by atoms with Crippen molar-refractivity contribution >= 4 is 33.8 Å². The molecule has 0 atom stereocenters. The van der Waals surface area contributed by atoms with E-state index in [1.807, 2.05) is 37.1 Å². The van der Waals surface area contributed by atoms with E-state index < -0.39 is 0 Å². The summed E-state index contributed by atoms with van der Waals surface area (Å²) >= 11 is 1.74. The monoisotopic (exact) mass is 548 g/mol. The molecule has 0 aliphatic carbocycles. The van der Waals surface area contributed by atoms with Crippen molar-refractivity contribution in [2.24, 2.45) is 0 Å². The van der Waals surface area contributed by atoms with Gasteiger partial charge in [0.2, 0.25) is 0 Å². The Hall–Kier alpha value is -4.08. The highest BCUT2D eigenvalue weighted by Crippen LogP contribution is 2.36. The quantitative estimate of drug-likeness (QED) is 0.286. The summed E-state index contributed by atoms with van der Waals surface area (Å²) in [7, 11) is 2.05. The maximum atomic E-state index is 5.09. The SMILES string of the molecule is Cc1ccc(-c2nccc3[nH]c(C4=CNCN(C)c5ncc(-c6cncc(CN7CCCCC7)c6)cc54)nc23)s1. The molecular formula is C31H32N8S. The molecule has 0 spiro atoms. The summed E-state index contributed by atoms with van der Waals surface area (Å²) in [6.45, 7) is 6.04. The standard InChI is InChI=1S/C31H32N8S/c1-20-6-7-27(40-20)29-28-26(8-9-34-29)36-30(37-28)25-17-33-19-38(2)31-24(25)13-23(16-35-31)22-12-21(14-32-15-22)18-39-10-4-3-5-11-39/h6-9,12-17,33H,3-5,10-11,18-19H2,1-2H3,(H,36,37). The second kappa shape index (κ2) is 10.5. The number of aryl methyl sites for hydroxylation is 1. The Morgan fingerprint density at radius 3 is 2.70 bits per heavy atom. The Labute approximate surface area is 237 Å². The van der Waals surface area contributed by atoms with Crippen molar-refractivity contribution < 1.29 is 0 Å².